The van der Waals surface area contributed by atoms with Crippen LogP contribution in [0.25, 0.3) is 11.2 Å². The van der Waals surface area contributed by atoms with Crippen LogP contribution in [0.3, 0.4) is 0 Å². The number of ether oxygens (including phenoxy) is 3. The van der Waals surface area contributed by atoms with Gasteiger partial charge in [-0.25, -0.2) is 15.0 Å². The molecule has 2 saturated heterocycles. The Morgan fingerprint density at radius 1 is 1.27 bits per heavy atom. The Bertz CT molecular complexity index is 871. The molecule has 2 aromatic heterocycles. The number of rotatable bonds is 3. The smallest absolute Gasteiger partial charge is 0.251 e. The van der Waals surface area contributed by atoms with Gasteiger partial charge in [0.2, 0.25) is 0 Å². The second kappa shape index (κ2) is 6.25. The topological polar surface area (TPSA) is 112 Å². The minimum absolute atomic E-state index is 0.256. The van der Waals surface area contributed by atoms with E-state index in [2.05, 4.69) is 25.6 Å². The number of hydrogen-bond acceptors (Lipinski definition) is 8. The van der Waals surface area contributed by atoms with Gasteiger partial charge in [0.25, 0.3) is 5.91 Å². The van der Waals surface area contributed by atoms with Gasteiger partial charge in [-0.2, -0.15) is 0 Å². The van der Waals surface area contributed by atoms with Crippen LogP contribution in [0, 0.1) is 3.83 Å². The molecule has 0 unspecified atom stereocenters. The lowest BCUT2D eigenvalue weighted by atomic mass is 10.1. The predicted molar refractivity (Wildman–Crippen MR) is 99.4 cm³/mol. The SMILES string of the molecule is CNC(=O)[C@H]1O[C@@H](n2cnc3c(NC)nc(I)nc32)[C@@H]2OC(C)(C)O[C@@H]21. The lowest BCUT2D eigenvalue weighted by Crippen LogP contribution is -2.41. The third-order valence-corrected chi connectivity index (χ3v) is 4.92. The van der Waals surface area contributed by atoms with Gasteiger partial charge in [0.1, 0.15) is 12.2 Å². The molecule has 2 fully saturated rings. The van der Waals surface area contributed by atoms with Crippen LogP contribution in [-0.2, 0) is 19.0 Å². The summed E-state index contributed by atoms with van der Waals surface area (Å²) in [5, 5.41) is 5.63. The first-order valence-corrected chi connectivity index (χ1v) is 9.23. The Balaban J connectivity index is 1.79. The molecule has 0 saturated carbocycles. The highest BCUT2D eigenvalue weighted by molar-refractivity contribution is 14.1. The fraction of sp³-hybridized carbons (Fsp3) is 0.600. The fourth-order valence-corrected chi connectivity index (χ4v) is 3.87. The summed E-state index contributed by atoms with van der Waals surface area (Å²) in [6.45, 7) is 3.64. The van der Waals surface area contributed by atoms with E-state index in [1.165, 1.54) is 0 Å². The fourth-order valence-electron chi connectivity index (χ4n) is 3.40. The van der Waals surface area contributed by atoms with Gasteiger partial charge < -0.3 is 24.8 Å². The van der Waals surface area contributed by atoms with Crippen LogP contribution in [0.2, 0.25) is 0 Å². The lowest BCUT2D eigenvalue weighted by molar-refractivity contribution is -0.197. The molecule has 10 nitrogen and oxygen atoms in total. The van der Waals surface area contributed by atoms with Crippen molar-refractivity contribution in [2.45, 2.75) is 44.2 Å². The molecule has 2 aliphatic heterocycles. The molecule has 0 radical (unpaired) electrons. The molecule has 26 heavy (non-hydrogen) atoms. The maximum absolute atomic E-state index is 12.3. The zero-order chi connectivity index (χ0) is 18.6. The third-order valence-electron chi connectivity index (χ3n) is 4.44. The molecule has 1 amide bonds. The molecule has 4 atom stereocenters. The minimum Gasteiger partial charge on any atom is -0.371 e. The van der Waals surface area contributed by atoms with Crippen LogP contribution in [0.4, 0.5) is 5.82 Å². The Hall–Kier alpha value is -1.57. The second-order valence-electron chi connectivity index (χ2n) is 6.54. The van der Waals surface area contributed by atoms with Crippen LogP contribution in [0.1, 0.15) is 20.1 Å². The average Bonchev–Trinajstić information content (AvgIpc) is 3.23. The van der Waals surface area contributed by atoms with Gasteiger partial charge in [0.05, 0.1) is 6.33 Å². The molecule has 4 heterocycles. The summed E-state index contributed by atoms with van der Waals surface area (Å²) in [4.78, 5) is 25.5. The van der Waals surface area contributed by atoms with Gasteiger partial charge in [-0.3, -0.25) is 9.36 Å². The maximum atomic E-state index is 12.3. The zero-order valence-corrected chi connectivity index (χ0v) is 16.8. The third kappa shape index (κ3) is 2.73. The summed E-state index contributed by atoms with van der Waals surface area (Å²) in [7, 11) is 3.34. The van der Waals surface area contributed by atoms with E-state index in [0.29, 0.717) is 20.8 Å². The first kappa shape index (κ1) is 17.8. The van der Waals surface area contributed by atoms with Crippen molar-refractivity contribution in [1.82, 2.24) is 24.8 Å². The van der Waals surface area contributed by atoms with Crippen molar-refractivity contribution in [3.05, 3.63) is 10.2 Å². The summed E-state index contributed by atoms with van der Waals surface area (Å²) >= 11 is 2.05. The summed E-state index contributed by atoms with van der Waals surface area (Å²) in [6.07, 6.45) is -0.727. The number of carbonyl (C=O) groups excluding carboxylic acids is 1. The molecule has 4 rings (SSSR count). The maximum Gasteiger partial charge on any atom is 0.251 e. The number of carbonyl (C=O) groups is 1. The highest BCUT2D eigenvalue weighted by Gasteiger charge is 2.58. The lowest BCUT2D eigenvalue weighted by Gasteiger charge is -2.24. The standard InChI is InChI=1S/C15H19IN6O4/c1-15(2)25-7-8(12(23)18-4)24-13(9(7)26-15)22-5-19-6-10(17-3)20-14(16)21-11(6)22/h5,7-9,13H,1-4H3,(H,18,23)(H,17,20,21)/t7-,8+,9-,13-/m1/s1. The number of amides is 1. The van der Waals surface area contributed by atoms with Crippen LogP contribution >= 0.6 is 22.6 Å². The highest BCUT2D eigenvalue weighted by Crippen LogP contribution is 2.44. The molecular weight excluding hydrogens is 455 g/mol. The first-order valence-electron chi connectivity index (χ1n) is 8.15. The quantitative estimate of drug-likeness (QED) is 0.493. The summed E-state index contributed by atoms with van der Waals surface area (Å²) in [5.74, 6) is -0.438. The zero-order valence-electron chi connectivity index (χ0n) is 14.7. The van der Waals surface area contributed by atoms with E-state index in [9.17, 15) is 4.79 Å². The van der Waals surface area contributed by atoms with Crippen molar-refractivity contribution in [2.75, 3.05) is 19.4 Å². The molecule has 2 N–H and O–H groups in total. The molecule has 11 heteroatoms. The van der Waals surface area contributed by atoms with Crippen LogP contribution < -0.4 is 10.6 Å². The van der Waals surface area contributed by atoms with Crippen molar-refractivity contribution in [3.8, 4) is 0 Å². The van der Waals surface area contributed by atoms with E-state index in [1.54, 1.807) is 25.0 Å². The second-order valence-corrected chi connectivity index (χ2v) is 7.51. The predicted octanol–water partition coefficient (Wildman–Crippen LogP) is 0.636. The minimum atomic E-state index is -0.806. The number of aromatic nitrogens is 4. The van der Waals surface area contributed by atoms with Gasteiger partial charge in [-0.05, 0) is 13.8 Å². The number of anilines is 1. The largest absolute Gasteiger partial charge is 0.371 e. The van der Waals surface area contributed by atoms with E-state index in [-0.39, 0.29) is 5.91 Å². The Kier molecular flexibility index (Phi) is 4.28. The van der Waals surface area contributed by atoms with E-state index in [0.717, 1.165) is 0 Å². The number of halogens is 1. The van der Waals surface area contributed by atoms with Gasteiger partial charge in [-0.15, -0.1) is 0 Å². The Morgan fingerprint density at radius 3 is 2.69 bits per heavy atom. The van der Waals surface area contributed by atoms with E-state index >= 15 is 0 Å². The van der Waals surface area contributed by atoms with Crippen molar-refractivity contribution >= 4 is 45.5 Å². The summed E-state index contributed by atoms with van der Waals surface area (Å²) in [5.41, 5.74) is 1.22. The molecule has 0 bridgehead atoms. The number of imidazole rings is 1. The average molecular weight is 474 g/mol. The monoisotopic (exact) mass is 474 g/mol. The number of fused-ring (bicyclic) bond motifs is 2. The number of nitrogens with zero attached hydrogens (tertiary/aromatic N) is 4. The van der Waals surface area contributed by atoms with Crippen molar-refractivity contribution in [1.29, 1.82) is 0 Å². The number of nitrogens with one attached hydrogen (secondary N) is 2. The van der Waals surface area contributed by atoms with E-state index in [4.69, 9.17) is 14.2 Å². The van der Waals surface area contributed by atoms with Gasteiger partial charge in [-0.1, -0.05) is 0 Å². The van der Waals surface area contributed by atoms with Crippen molar-refractivity contribution < 1.29 is 19.0 Å². The summed E-state index contributed by atoms with van der Waals surface area (Å²) in [6, 6.07) is 0. The molecule has 2 aromatic rings. The molecule has 0 aliphatic carbocycles. The molecule has 140 valence electrons. The Morgan fingerprint density at radius 2 is 2.00 bits per heavy atom. The molecule has 2 aliphatic rings. The first-order chi connectivity index (χ1) is 12.3. The normalized spacial score (nSPS) is 29.7. The van der Waals surface area contributed by atoms with Gasteiger partial charge in [0.15, 0.2) is 38.9 Å². The van der Waals surface area contributed by atoms with Crippen molar-refractivity contribution in [3.63, 3.8) is 0 Å². The molecule has 0 aromatic carbocycles. The van der Waals surface area contributed by atoms with E-state index < -0.39 is 30.3 Å². The van der Waals surface area contributed by atoms with Crippen LogP contribution in [-0.4, -0.2) is 63.6 Å². The number of hydrogen-bond donors (Lipinski definition) is 2. The van der Waals surface area contributed by atoms with Gasteiger partial charge >= 0.3 is 0 Å². The molecule has 0 spiro atoms. The summed E-state index contributed by atoms with van der Waals surface area (Å²) < 4.78 is 20.3. The van der Waals surface area contributed by atoms with E-state index in [1.807, 2.05) is 36.4 Å². The van der Waals surface area contributed by atoms with Crippen LogP contribution in [0.15, 0.2) is 6.33 Å². The highest BCUT2D eigenvalue weighted by atomic mass is 127. The number of likely N-dealkylation sites (N-methyl/N-ethyl adjacent to an activating group) is 1. The van der Waals surface area contributed by atoms with Gasteiger partial charge in [0, 0.05) is 36.7 Å². The Labute approximate surface area is 163 Å². The van der Waals surface area contributed by atoms with Crippen molar-refractivity contribution in [2.24, 2.45) is 0 Å². The van der Waals surface area contributed by atoms with Crippen LogP contribution in [0.5, 0.6) is 0 Å². The molecular formula is C15H19IN6O4.